The Morgan fingerprint density at radius 2 is 2.15 bits per heavy atom. The van der Waals surface area contributed by atoms with E-state index in [9.17, 15) is 19.7 Å². The van der Waals surface area contributed by atoms with Crippen LogP contribution < -0.4 is 5.73 Å². The van der Waals surface area contributed by atoms with Gasteiger partial charge in [-0.25, -0.2) is 0 Å². The Morgan fingerprint density at radius 3 is 2.75 bits per heavy atom. The summed E-state index contributed by atoms with van der Waals surface area (Å²) in [4.78, 5) is 35.1. The standard InChI is InChI=1S/C12H12ClN3O4/c13-8-4-3-7(6-10(8)16(19)20)12(18)15-5-1-2-9(15)11(14)17/h3-4,6,9H,1-2,5H2,(H2,14,17). The molecule has 2 N–H and O–H groups in total. The quantitative estimate of drug-likeness (QED) is 0.671. The maximum absolute atomic E-state index is 12.3. The van der Waals surface area contributed by atoms with Gasteiger partial charge in [0.1, 0.15) is 11.1 Å². The monoisotopic (exact) mass is 297 g/mol. The molecule has 1 fully saturated rings. The van der Waals surface area contributed by atoms with E-state index in [1.807, 2.05) is 0 Å². The van der Waals surface area contributed by atoms with E-state index >= 15 is 0 Å². The molecule has 0 bridgehead atoms. The maximum Gasteiger partial charge on any atom is 0.288 e. The number of nitro groups is 1. The first-order valence-electron chi connectivity index (χ1n) is 5.96. The number of nitro benzene ring substituents is 1. The van der Waals surface area contributed by atoms with Crippen LogP contribution in [0, 0.1) is 10.1 Å². The summed E-state index contributed by atoms with van der Waals surface area (Å²) in [5, 5.41) is 10.8. The molecule has 1 atom stereocenters. The Bertz CT molecular complexity index is 590. The number of rotatable bonds is 3. The van der Waals surface area contributed by atoms with Gasteiger partial charge in [-0.3, -0.25) is 19.7 Å². The average molecular weight is 298 g/mol. The van der Waals surface area contributed by atoms with Crippen molar-refractivity contribution in [3.63, 3.8) is 0 Å². The van der Waals surface area contributed by atoms with E-state index in [0.29, 0.717) is 19.4 Å². The predicted octanol–water partition coefficient (Wildman–Crippen LogP) is 1.34. The lowest BCUT2D eigenvalue weighted by molar-refractivity contribution is -0.384. The Morgan fingerprint density at radius 1 is 1.45 bits per heavy atom. The van der Waals surface area contributed by atoms with Crippen molar-refractivity contribution in [1.29, 1.82) is 0 Å². The second-order valence-electron chi connectivity index (χ2n) is 4.48. The molecule has 1 unspecified atom stereocenters. The summed E-state index contributed by atoms with van der Waals surface area (Å²) in [6.45, 7) is 0.406. The number of amides is 2. The van der Waals surface area contributed by atoms with Crippen molar-refractivity contribution in [2.24, 2.45) is 5.73 Å². The van der Waals surface area contributed by atoms with Crippen LogP contribution in [0.3, 0.4) is 0 Å². The van der Waals surface area contributed by atoms with Gasteiger partial charge < -0.3 is 10.6 Å². The lowest BCUT2D eigenvalue weighted by Gasteiger charge is -2.22. The van der Waals surface area contributed by atoms with Crippen LogP contribution in [0.5, 0.6) is 0 Å². The second kappa shape index (κ2) is 5.46. The first-order valence-corrected chi connectivity index (χ1v) is 6.34. The number of hydrogen-bond acceptors (Lipinski definition) is 4. The molecule has 20 heavy (non-hydrogen) atoms. The fourth-order valence-corrected chi connectivity index (χ4v) is 2.44. The van der Waals surface area contributed by atoms with Gasteiger partial charge in [-0.05, 0) is 25.0 Å². The number of nitrogens with two attached hydrogens (primary N) is 1. The van der Waals surface area contributed by atoms with Crippen LogP contribution in [-0.4, -0.2) is 34.2 Å². The number of primary amides is 1. The molecule has 1 saturated heterocycles. The average Bonchev–Trinajstić information content (AvgIpc) is 2.87. The Balaban J connectivity index is 2.32. The minimum absolute atomic E-state index is 0.0422. The molecular weight excluding hydrogens is 286 g/mol. The largest absolute Gasteiger partial charge is 0.368 e. The highest BCUT2D eigenvalue weighted by Crippen LogP contribution is 2.27. The summed E-state index contributed by atoms with van der Waals surface area (Å²) in [7, 11) is 0. The summed E-state index contributed by atoms with van der Waals surface area (Å²) < 4.78 is 0. The van der Waals surface area contributed by atoms with Crippen LogP contribution in [0.4, 0.5) is 5.69 Å². The molecule has 0 radical (unpaired) electrons. The summed E-state index contributed by atoms with van der Waals surface area (Å²) in [5.41, 5.74) is 5.02. The molecule has 2 amide bonds. The van der Waals surface area contributed by atoms with Crippen LogP contribution in [-0.2, 0) is 4.79 Å². The highest BCUT2D eigenvalue weighted by molar-refractivity contribution is 6.32. The molecule has 0 aliphatic carbocycles. The number of benzene rings is 1. The van der Waals surface area contributed by atoms with E-state index in [2.05, 4.69) is 0 Å². The van der Waals surface area contributed by atoms with Gasteiger partial charge in [0, 0.05) is 18.2 Å². The molecule has 8 heteroatoms. The minimum Gasteiger partial charge on any atom is -0.368 e. The zero-order valence-corrected chi connectivity index (χ0v) is 11.2. The zero-order valence-electron chi connectivity index (χ0n) is 10.4. The van der Waals surface area contributed by atoms with Gasteiger partial charge in [0.15, 0.2) is 0 Å². The van der Waals surface area contributed by atoms with Crippen LogP contribution in [0.25, 0.3) is 0 Å². The smallest absolute Gasteiger partial charge is 0.288 e. The molecule has 106 valence electrons. The van der Waals surface area contributed by atoms with Crippen molar-refractivity contribution in [3.05, 3.63) is 38.9 Å². The van der Waals surface area contributed by atoms with Crippen molar-refractivity contribution in [2.45, 2.75) is 18.9 Å². The van der Waals surface area contributed by atoms with E-state index < -0.39 is 22.8 Å². The Labute approximate surface area is 119 Å². The lowest BCUT2D eigenvalue weighted by Crippen LogP contribution is -2.43. The summed E-state index contributed by atoms with van der Waals surface area (Å²) in [6, 6.07) is 3.15. The first kappa shape index (κ1) is 14.3. The number of likely N-dealkylation sites (tertiary alicyclic amines) is 1. The third-order valence-corrected chi connectivity index (χ3v) is 3.55. The van der Waals surface area contributed by atoms with Gasteiger partial charge in [-0.15, -0.1) is 0 Å². The van der Waals surface area contributed by atoms with E-state index in [0.717, 1.165) is 6.07 Å². The number of halogens is 1. The molecule has 1 heterocycles. The van der Waals surface area contributed by atoms with Crippen molar-refractivity contribution >= 4 is 29.1 Å². The van der Waals surface area contributed by atoms with Gasteiger partial charge in [-0.2, -0.15) is 0 Å². The van der Waals surface area contributed by atoms with Gasteiger partial charge in [0.2, 0.25) is 5.91 Å². The molecule has 1 aromatic rings. The van der Waals surface area contributed by atoms with Crippen molar-refractivity contribution < 1.29 is 14.5 Å². The van der Waals surface area contributed by atoms with E-state index in [4.69, 9.17) is 17.3 Å². The molecule has 1 aromatic carbocycles. The van der Waals surface area contributed by atoms with Crippen LogP contribution >= 0.6 is 11.6 Å². The van der Waals surface area contributed by atoms with Crippen molar-refractivity contribution in [1.82, 2.24) is 4.90 Å². The lowest BCUT2D eigenvalue weighted by atomic mass is 10.1. The zero-order chi connectivity index (χ0) is 14.9. The third kappa shape index (κ3) is 2.57. The fourth-order valence-electron chi connectivity index (χ4n) is 2.26. The molecule has 2 rings (SSSR count). The van der Waals surface area contributed by atoms with E-state index in [1.54, 1.807) is 0 Å². The molecule has 1 aliphatic rings. The van der Waals surface area contributed by atoms with Gasteiger partial charge >= 0.3 is 0 Å². The molecule has 0 saturated carbocycles. The Hall–Kier alpha value is -2.15. The molecule has 1 aliphatic heterocycles. The Kier molecular flexibility index (Phi) is 3.89. The van der Waals surface area contributed by atoms with Crippen molar-refractivity contribution in [2.75, 3.05) is 6.54 Å². The third-order valence-electron chi connectivity index (χ3n) is 3.23. The molecule has 0 spiro atoms. The first-order chi connectivity index (χ1) is 9.41. The highest BCUT2D eigenvalue weighted by atomic mass is 35.5. The number of carbonyl (C=O) groups is 2. The van der Waals surface area contributed by atoms with E-state index in [1.165, 1.54) is 17.0 Å². The molecule has 0 aromatic heterocycles. The fraction of sp³-hybridized carbons (Fsp3) is 0.333. The van der Waals surface area contributed by atoms with Gasteiger partial charge in [0.05, 0.1) is 4.92 Å². The summed E-state index contributed by atoms with van der Waals surface area (Å²) in [6.07, 6.45) is 1.19. The van der Waals surface area contributed by atoms with Crippen LogP contribution in [0.1, 0.15) is 23.2 Å². The van der Waals surface area contributed by atoms with Crippen LogP contribution in [0.15, 0.2) is 18.2 Å². The maximum atomic E-state index is 12.3. The van der Waals surface area contributed by atoms with Gasteiger partial charge in [-0.1, -0.05) is 11.6 Å². The van der Waals surface area contributed by atoms with Gasteiger partial charge in [0.25, 0.3) is 11.6 Å². The number of hydrogen-bond donors (Lipinski definition) is 1. The summed E-state index contributed by atoms with van der Waals surface area (Å²) >= 11 is 5.69. The number of carbonyl (C=O) groups excluding carboxylic acids is 2. The molecule has 7 nitrogen and oxygen atoms in total. The summed E-state index contributed by atoms with van der Waals surface area (Å²) in [5.74, 6) is -1.02. The predicted molar refractivity (Wildman–Crippen MR) is 71.4 cm³/mol. The minimum atomic E-state index is -0.658. The van der Waals surface area contributed by atoms with Crippen LogP contribution in [0.2, 0.25) is 5.02 Å². The normalized spacial score (nSPS) is 18.1. The second-order valence-corrected chi connectivity index (χ2v) is 4.89. The number of nitrogens with zero attached hydrogens (tertiary/aromatic N) is 2. The molecular formula is C12H12ClN3O4. The highest BCUT2D eigenvalue weighted by Gasteiger charge is 2.33. The topological polar surface area (TPSA) is 107 Å². The SMILES string of the molecule is NC(=O)C1CCCN1C(=O)c1ccc(Cl)c([N+](=O)[O-])c1. The van der Waals surface area contributed by atoms with Crippen molar-refractivity contribution in [3.8, 4) is 0 Å². The van der Waals surface area contributed by atoms with E-state index in [-0.39, 0.29) is 16.3 Å².